The molecule has 0 saturated carbocycles. The van der Waals surface area contributed by atoms with Gasteiger partial charge in [0, 0.05) is 34.2 Å². The summed E-state index contributed by atoms with van der Waals surface area (Å²) in [6, 6.07) is 10.8. The number of carbonyl (C=O) groups excluding carboxylic acids is 2. The van der Waals surface area contributed by atoms with Crippen LogP contribution in [0.5, 0.6) is 0 Å². The number of carbonyl (C=O) groups is 2. The van der Waals surface area contributed by atoms with Crippen molar-refractivity contribution in [2.24, 2.45) is 0 Å². The first-order valence-corrected chi connectivity index (χ1v) is 8.31. The highest BCUT2D eigenvalue weighted by Crippen LogP contribution is 2.23. The normalized spacial score (nSPS) is 10.2. The molecule has 25 heavy (non-hydrogen) atoms. The van der Waals surface area contributed by atoms with Crippen LogP contribution in [0.2, 0.25) is 5.02 Å². The summed E-state index contributed by atoms with van der Waals surface area (Å²) in [6.07, 6.45) is 0.0309. The van der Waals surface area contributed by atoms with Gasteiger partial charge in [-0.2, -0.15) is 0 Å². The first-order chi connectivity index (χ1) is 11.9. The van der Waals surface area contributed by atoms with Crippen LogP contribution in [0.25, 0.3) is 0 Å². The lowest BCUT2D eigenvalue weighted by Crippen LogP contribution is -2.28. The van der Waals surface area contributed by atoms with Crippen molar-refractivity contribution in [3.8, 4) is 0 Å². The van der Waals surface area contributed by atoms with E-state index in [0.29, 0.717) is 5.69 Å². The summed E-state index contributed by atoms with van der Waals surface area (Å²) in [4.78, 5) is 34.2. The highest BCUT2D eigenvalue weighted by molar-refractivity contribution is 9.10. The molecule has 7 nitrogen and oxygen atoms in total. The van der Waals surface area contributed by atoms with E-state index in [0.717, 1.165) is 10.5 Å². The predicted molar refractivity (Wildman–Crippen MR) is 97.8 cm³/mol. The second-order valence-corrected chi connectivity index (χ2v) is 6.33. The number of nitrogens with one attached hydrogen (secondary N) is 2. The van der Waals surface area contributed by atoms with Crippen LogP contribution < -0.4 is 10.6 Å². The van der Waals surface area contributed by atoms with Crippen LogP contribution in [-0.2, 0) is 4.79 Å². The van der Waals surface area contributed by atoms with E-state index in [1.165, 1.54) is 12.1 Å². The third-order valence-electron chi connectivity index (χ3n) is 3.17. The monoisotopic (exact) mass is 425 g/mol. The van der Waals surface area contributed by atoms with Crippen LogP contribution in [0.15, 0.2) is 46.9 Å². The molecule has 0 heterocycles. The molecule has 0 aliphatic heterocycles. The summed E-state index contributed by atoms with van der Waals surface area (Å²) >= 11 is 9.00. The van der Waals surface area contributed by atoms with E-state index >= 15 is 0 Å². The molecule has 0 radical (unpaired) electrons. The maximum Gasteiger partial charge on any atom is 0.283 e. The molecule has 2 aromatic rings. The highest BCUT2D eigenvalue weighted by atomic mass is 79.9. The van der Waals surface area contributed by atoms with Crippen LogP contribution in [0.4, 0.5) is 11.4 Å². The maximum atomic E-state index is 12.1. The Hall–Kier alpha value is -2.45. The zero-order valence-electron chi connectivity index (χ0n) is 12.8. The average Bonchev–Trinajstić information content (AvgIpc) is 2.56. The molecule has 130 valence electrons. The van der Waals surface area contributed by atoms with E-state index in [1.54, 1.807) is 24.3 Å². The van der Waals surface area contributed by atoms with Gasteiger partial charge in [-0.3, -0.25) is 19.7 Å². The van der Waals surface area contributed by atoms with Crippen LogP contribution in [0.1, 0.15) is 16.8 Å². The Morgan fingerprint density at radius 1 is 1.16 bits per heavy atom. The molecule has 0 aromatic heterocycles. The Bertz CT molecular complexity index is 812. The van der Waals surface area contributed by atoms with E-state index in [1.807, 2.05) is 0 Å². The number of halogens is 2. The number of benzene rings is 2. The highest BCUT2D eigenvalue weighted by Gasteiger charge is 2.20. The number of rotatable bonds is 6. The van der Waals surface area contributed by atoms with E-state index < -0.39 is 10.8 Å². The number of anilines is 1. The molecule has 9 heteroatoms. The van der Waals surface area contributed by atoms with Crippen LogP contribution in [-0.4, -0.2) is 23.3 Å². The fourth-order valence-electron chi connectivity index (χ4n) is 1.99. The fourth-order valence-corrected chi connectivity index (χ4v) is 2.42. The molecular weight excluding hydrogens is 414 g/mol. The minimum Gasteiger partial charge on any atom is -0.351 e. The zero-order chi connectivity index (χ0) is 18.4. The van der Waals surface area contributed by atoms with Crippen LogP contribution >= 0.6 is 27.5 Å². The molecule has 0 atom stereocenters. The largest absolute Gasteiger partial charge is 0.351 e. The molecule has 0 aliphatic rings. The zero-order valence-corrected chi connectivity index (χ0v) is 15.1. The maximum absolute atomic E-state index is 12.1. The first kappa shape index (κ1) is 18.9. The number of amides is 2. The van der Waals surface area contributed by atoms with Gasteiger partial charge in [0.15, 0.2) is 0 Å². The SMILES string of the molecule is O=C(CCNC(=O)c1ccc(Cl)cc1[N+](=O)[O-])Nc1ccc(Br)cc1. The third kappa shape index (κ3) is 5.54. The minimum atomic E-state index is -0.680. The molecule has 2 aromatic carbocycles. The van der Waals surface area contributed by atoms with Crippen LogP contribution in [0, 0.1) is 10.1 Å². The molecule has 0 spiro atoms. The summed E-state index contributed by atoms with van der Waals surface area (Å²) in [5, 5.41) is 16.3. The lowest BCUT2D eigenvalue weighted by Gasteiger charge is -2.07. The molecule has 0 saturated heterocycles. The van der Waals surface area contributed by atoms with Crippen molar-refractivity contribution in [1.29, 1.82) is 0 Å². The van der Waals surface area contributed by atoms with Crippen molar-refractivity contribution < 1.29 is 14.5 Å². The van der Waals surface area contributed by atoms with Gasteiger partial charge >= 0.3 is 0 Å². The lowest BCUT2D eigenvalue weighted by molar-refractivity contribution is -0.385. The van der Waals surface area contributed by atoms with Crippen molar-refractivity contribution in [2.45, 2.75) is 6.42 Å². The Morgan fingerprint density at radius 3 is 2.48 bits per heavy atom. The van der Waals surface area contributed by atoms with Gasteiger partial charge in [0.2, 0.25) is 5.91 Å². The quantitative estimate of drug-likeness (QED) is 0.542. The van der Waals surface area contributed by atoms with Gasteiger partial charge in [-0.15, -0.1) is 0 Å². The Labute approximate surface area is 156 Å². The number of nitrogens with zero attached hydrogens (tertiary/aromatic N) is 1. The van der Waals surface area contributed by atoms with E-state index in [-0.39, 0.29) is 35.1 Å². The number of nitro benzene ring substituents is 1. The van der Waals surface area contributed by atoms with E-state index in [9.17, 15) is 19.7 Å². The van der Waals surface area contributed by atoms with Gasteiger partial charge in [-0.05, 0) is 36.4 Å². The third-order valence-corrected chi connectivity index (χ3v) is 3.93. The molecule has 2 rings (SSSR count). The Kier molecular flexibility index (Phi) is 6.49. The van der Waals surface area contributed by atoms with Gasteiger partial charge in [0.05, 0.1) is 4.92 Å². The summed E-state index contributed by atoms with van der Waals surface area (Å²) < 4.78 is 0.891. The smallest absolute Gasteiger partial charge is 0.283 e. The van der Waals surface area contributed by atoms with Crippen molar-refractivity contribution in [3.63, 3.8) is 0 Å². The van der Waals surface area contributed by atoms with E-state index in [4.69, 9.17) is 11.6 Å². The molecule has 0 bridgehead atoms. The van der Waals surface area contributed by atoms with Crippen molar-refractivity contribution in [3.05, 3.63) is 67.6 Å². The molecule has 0 fully saturated rings. The molecule has 2 N–H and O–H groups in total. The predicted octanol–water partition coefficient (Wildman–Crippen LogP) is 3.77. The molecule has 0 aliphatic carbocycles. The van der Waals surface area contributed by atoms with E-state index in [2.05, 4.69) is 26.6 Å². The number of nitro groups is 1. The fraction of sp³-hybridized carbons (Fsp3) is 0.125. The summed E-state index contributed by atoms with van der Waals surface area (Å²) in [7, 11) is 0. The van der Waals surface area contributed by atoms with Gasteiger partial charge in [0.1, 0.15) is 5.56 Å². The number of hydrogen-bond acceptors (Lipinski definition) is 4. The van der Waals surface area contributed by atoms with Crippen LogP contribution in [0.3, 0.4) is 0 Å². The standard InChI is InChI=1S/C16H13BrClN3O4/c17-10-1-4-12(5-2-10)20-15(22)7-8-19-16(23)13-6-3-11(18)9-14(13)21(24)25/h1-6,9H,7-8H2,(H,19,23)(H,20,22). The summed E-state index contributed by atoms with van der Waals surface area (Å²) in [5.74, 6) is -0.923. The average molecular weight is 427 g/mol. The lowest BCUT2D eigenvalue weighted by atomic mass is 10.1. The van der Waals surface area contributed by atoms with Gasteiger partial charge in [-0.1, -0.05) is 27.5 Å². The van der Waals surface area contributed by atoms with Gasteiger partial charge in [0.25, 0.3) is 11.6 Å². The first-order valence-electron chi connectivity index (χ1n) is 7.14. The molecule has 0 unspecified atom stereocenters. The summed E-state index contributed by atoms with van der Waals surface area (Å²) in [6.45, 7) is 0.0426. The second-order valence-electron chi connectivity index (χ2n) is 4.98. The topological polar surface area (TPSA) is 101 Å². The second kappa shape index (κ2) is 8.59. The van der Waals surface area contributed by atoms with Crippen molar-refractivity contribution in [2.75, 3.05) is 11.9 Å². The van der Waals surface area contributed by atoms with Gasteiger partial charge in [-0.25, -0.2) is 0 Å². The summed E-state index contributed by atoms with van der Waals surface area (Å²) in [5.41, 5.74) is 0.139. The van der Waals surface area contributed by atoms with Crippen molar-refractivity contribution in [1.82, 2.24) is 5.32 Å². The molecular formula is C16H13BrClN3O4. The minimum absolute atomic E-state index is 0.0309. The Morgan fingerprint density at radius 2 is 1.84 bits per heavy atom. The van der Waals surface area contributed by atoms with Gasteiger partial charge < -0.3 is 10.6 Å². The molecule has 2 amide bonds. The Balaban J connectivity index is 1.89. The number of hydrogen-bond donors (Lipinski definition) is 2. The van der Waals surface area contributed by atoms with Crippen molar-refractivity contribution >= 4 is 50.7 Å².